The first-order chi connectivity index (χ1) is 9.85. The van der Waals surface area contributed by atoms with Crippen molar-refractivity contribution < 1.29 is 23.4 Å². The molecule has 0 bridgehead atoms. The molecule has 0 heterocycles. The van der Waals surface area contributed by atoms with Gasteiger partial charge in [-0.2, -0.15) is 0 Å². The summed E-state index contributed by atoms with van der Waals surface area (Å²) in [5, 5.41) is 17.9. The minimum absolute atomic E-state index is 0.0437. The summed E-state index contributed by atoms with van der Waals surface area (Å²) in [6, 6.07) is 11.3. The summed E-state index contributed by atoms with van der Waals surface area (Å²) in [5.74, 6) is -1.29. The lowest BCUT2D eigenvalue weighted by Gasteiger charge is -2.08. The van der Waals surface area contributed by atoms with Gasteiger partial charge in [-0.1, -0.05) is 12.1 Å². The van der Waals surface area contributed by atoms with Gasteiger partial charge < -0.3 is 10.2 Å². The number of phenolic OH excluding ortho intramolecular Hbond substituents is 1. The number of aromatic carboxylic acids is 1. The highest BCUT2D eigenvalue weighted by Gasteiger charge is 2.12. The minimum Gasteiger partial charge on any atom is -0.508 e. The highest BCUT2D eigenvalue weighted by Crippen LogP contribution is 2.17. The van der Waals surface area contributed by atoms with Crippen molar-refractivity contribution in [3.63, 3.8) is 0 Å². The number of aromatic hydroxyl groups is 1. The second-order valence-electron chi connectivity index (χ2n) is 4.41. The van der Waals surface area contributed by atoms with E-state index in [1.54, 1.807) is 0 Å². The van der Waals surface area contributed by atoms with E-state index >= 15 is 0 Å². The van der Waals surface area contributed by atoms with E-state index in [1.165, 1.54) is 48.5 Å². The van der Waals surface area contributed by atoms with Crippen LogP contribution in [0.1, 0.15) is 15.9 Å². The Labute approximate surface area is 121 Å². The molecule has 0 aliphatic carbocycles. The molecular weight excluding hydrogens is 294 g/mol. The summed E-state index contributed by atoms with van der Waals surface area (Å²) in [7, 11) is -3.61. The molecule has 0 aliphatic rings. The summed E-state index contributed by atoms with van der Waals surface area (Å²) in [4.78, 5) is 10.7. The number of phenols is 1. The number of hydrogen-bond acceptors (Lipinski definition) is 4. The number of rotatable bonds is 5. The molecule has 2 aromatic rings. The Hall–Kier alpha value is -2.54. The molecule has 0 aromatic heterocycles. The maximum Gasteiger partial charge on any atom is 0.335 e. The van der Waals surface area contributed by atoms with Crippen LogP contribution in [0.5, 0.6) is 5.75 Å². The van der Waals surface area contributed by atoms with E-state index in [-0.39, 0.29) is 17.1 Å². The number of carboxylic acid groups (broad SMARTS) is 1. The van der Waals surface area contributed by atoms with E-state index in [1.807, 2.05) is 0 Å². The number of anilines is 1. The lowest BCUT2D eigenvalue weighted by Crippen LogP contribution is -2.15. The molecule has 0 unspecified atom stereocenters. The van der Waals surface area contributed by atoms with Crippen LogP contribution < -0.4 is 4.72 Å². The number of carboxylic acids is 1. The van der Waals surface area contributed by atoms with E-state index in [2.05, 4.69) is 4.72 Å². The molecule has 0 saturated carbocycles. The van der Waals surface area contributed by atoms with Crippen LogP contribution in [-0.4, -0.2) is 24.6 Å². The van der Waals surface area contributed by atoms with Gasteiger partial charge in [0.2, 0.25) is 10.0 Å². The molecule has 21 heavy (non-hydrogen) atoms. The predicted molar refractivity (Wildman–Crippen MR) is 77.8 cm³/mol. The topological polar surface area (TPSA) is 104 Å². The molecule has 6 nitrogen and oxygen atoms in total. The fraction of sp³-hybridized carbons (Fsp3) is 0.0714. The summed E-state index contributed by atoms with van der Waals surface area (Å²) in [5.41, 5.74) is 0.920. The molecule has 0 spiro atoms. The highest BCUT2D eigenvalue weighted by atomic mass is 32.2. The van der Waals surface area contributed by atoms with E-state index in [0.29, 0.717) is 11.3 Å². The van der Waals surface area contributed by atoms with Crippen LogP contribution in [0.4, 0.5) is 5.69 Å². The lowest BCUT2D eigenvalue weighted by atomic mass is 10.1. The molecular formula is C14H13NO5S. The number of carbonyl (C=O) groups is 1. The SMILES string of the molecule is O=C(O)c1ccc(CS(=O)(=O)Nc2ccc(O)cc2)cc1. The van der Waals surface area contributed by atoms with Gasteiger partial charge in [-0.15, -0.1) is 0 Å². The monoisotopic (exact) mass is 307 g/mol. The molecule has 2 rings (SSSR count). The van der Waals surface area contributed by atoms with Crippen LogP contribution in [0.15, 0.2) is 48.5 Å². The highest BCUT2D eigenvalue weighted by molar-refractivity contribution is 7.91. The van der Waals surface area contributed by atoms with Crippen LogP contribution in [0, 0.1) is 0 Å². The van der Waals surface area contributed by atoms with Gasteiger partial charge in [-0.25, -0.2) is 13.2 Å². The average Bonchev–Trinajstić information content (AvgIpc) is 2.41. The molecule has 0 atom stereocenters. The molecule has 110 valence electrons. The maximum absolute atomic E-state index is 12.0. The van der Waals surface area contributed by atoms with Crippen LogP contribution in [-0.2, 0) is 15.8 Å². The van der Waals surface area contributed by atoms with Crippen molar-refractivity contribution in [3.05, 3.63) is 59.7 Å². The Morgan fingerprint density at radius 3 is 2.10 bits per heavy atom. The van der Waals surface area contributed by atoms with E-state index < -0.39 is 16.0 Å². The quantitative estimate of drug-likeness (QED) is 0.733. The second kappa shape index (κ2) is 5.84. The number of benzene rings is 2. The van der Waals surface area contributed by atoms with Gasteiger partial charge >= 0.3 is 5.97 Å². The van der Waals surface area contributed by atoms with Crippen molar-refractivity contribution >= 4 is 21.7 Å². The van der Waals surface area contributed by atoms with Crippen LogP contribution >= 0.6 is 0 Å². The Morgan fingerprint density at radius 1 is 1.00 bits per heavy atom. The average molecular weight is 307 g/mol. The minimum atomic E-state index is -3.61. The van der Waals surface area contributed by atoms with E-state index in [0.717, 1.165) is 0 Å². The third kappa shape index (κ3) is 4.22. The van der Waals surface area contributed by atoms with Gasteiger partial charge in [0.25, 0.3) is 0 Å². The summed E-state index contributed by atoms with van der Waals surface area (Å²) in [6.45, 7) is 0. The van der Waals surface area contributed by atoms with Gasteiger partial charge in [0.1, 0.15) is 5.75 Å². The Balaban J connectivity index is 2.10. The van der Waals surface area contributed by atoms with Crippen molar-refractivity contribution in [1.29, 1.82) is 0 Å². The molecule has 3 N–H and O–H groups in total. The molecule has 0 fully saturated rings. The van der Waals surface area contributed by atoms with Gasteiger partial charge in [-0.3, -0.25) is 4.72 Å². The first-order valence-electron chi connectivity index (χ1n) is 5.97. The van der Waals surface area contributed by atoms with Gasteiger partial charge in [0.15, 0.2) is 0 Å². The van der Waals surface area contributed by atoms with Crippen LogP contribution in [0.3, 0.4) is 0 Å². The first kappa shape index (κ1) is 14.9. The van der Waals surface area contributed by atoms with Crippen molar-refractivity contribution in [2.45, 2.75) is 5.75 Å². The summed E-state index contributed by atoms with van der Waals surface area (Å²) >= 11 is 0. The van der Waals surface area contributed by atoms with Gasteiger partial charge in [0, 0.05) is 5.69 Å². The fourth-order valence-corrected chi connectivity index (χ4v) is 2.91. The fourth-order valence-electron chi connectivity index (χ4n) is 1.71. The van der Waals surface area contributed by atoms with Crippen molar-refractivity contribution in [2.24, 2.45) is 0 Å². The molecule has 0 aliphatic heterocycles. The Bertz CT molecular complexity index is 736. The lowest BCUT2D eigenvalue weighted by molar-refractivity contribution is 0.0697. The van der Waals surface area contributed by atoms with E-state index in [4.69, 9.17) is 10.2 Å². The summed E-state index contributed by atoms with van der Waals surface area (Å²) < 4.78 is 26.3. The second-order valence-corrected chi connectivity index (χ2v) is 6.13. The number of hydrogen-bond donors (Lipinski definition) is 3. The van der Waals surface area contributed by atoms with Crippen molar-refractivity contribution in [2.75, 3.05) is 4.72 Å². The Morgan fingerprint density at radius 2 is 1.57 bits per heavy atom. The molecule has 0 radical (unpaired) electrons. The Kier molecular flexibility index (Phi) is 4.13. The molecule has 2 aromatic carbocycles. The number of sulfonamides is 1. The largest absolute Gasteiger partial charge is 0.508 e. The van der Waals surface area contributed by atoms with Gasteiger partial charge in [-0.05, 0) is 42.0 Å². The van der Waals surface area contributed by atoms with Crippen LogP contribution in [0.25, 0.3) is 0 Å². The zero-order chi connectivity index (χ0) is 15.5. The predicted octanol–water partition coefficient (Wildman–Crippen LogP) is 2.03. The maximum atomic E-state index is 12.0. The standard InChI is InChI=1S/C14H13NO5S/c16-13-7-5-12(6-8-13)15-21(19,20)9-10-1-3-11(4-2-10)14(17)18/h1-8,15-16H,9H2,(H,17,18). The number of nitrogens with one attached hydrogen (secondary N) is 1. The van der Waals surface area contributed by atoms with Crippen molar-refractivity contribution in [3.8, 4) is 5.75 Å². The third-order valence-electron chi connectivity index (χ3n) is 2.70. The molecule has 0 amide bonds. The van der Waals surface area contributed by atoms with Gasteiger partial charge in [0.05, 0.1) is 11.3 Å². The van der Waals surface area contributed by atoms with E-state index in [9.17, 15) is 13.2 Å². The smallest absolute Gasteiger partial charge is 0.335 e. The zero-order valence-corrected chi connectivity index (χ0v) is 11.7. The molecule has 7 heteroatoms. The molecule has 0 saturated heterocycles. The first-order valence-corrected chi connectivity index (χ1v) is 7.63. The third-order valence-corrected chi connectivity index (χ3v) is 3.96. The van der Waals surface area contributed by atoms with Crippen LogP contribution in [0.2, 0.25) is 0 Å². The summed E-state index contributed by atoms with van der Waals surface area (Å²) in [6.07, 6.45) is 0. The normalized spacial score (nSPS) is 11.0. The zero-order valence-electron chi connectivity index (χ0n) is 10.9. The van der Waals surface area contributed by atoms with Crippen molar-refractivity contribution in [1.82, 2.24) is 0 Å².